The number of hydrogen-bond acceptors (Lipinski definition) is 2. The lowest BCUT2D eigenvalue weighted by atomic mass is 10.1. The lowest BCUT2D eigenvalue weighted by Crippen LogP contribution is -1.80. The highest BCUT2D eigenvalue weighted by molar-refractivity contribution is 8.59. The van der Waals surface area contributed by atoms with Crippen molar-refractivity contribution in [1.82, 2.24) is 6.15 Å². The molecule has 0 aromatic carbocycles. The molecular weight excluding hydrogens is 285 g/mol. The molecule has 0 radical (unpaired) electrons. The van der Waals surface area contributed by atoms with Crippen molar-refractivity contribution in [2.45, 2.75) is 78.1 Å². The molecule has 0 atom stereocenters. The SMILES string of the molecule is CCCCCCCCCCCC.N.OP(O)(=S)S. The van der Waals surface area contributed by atoms with Crippen molar-refractivity contribution < 1.29 is 9.79 Å². The van der Waals surface area contributed by atoms with E-state index in [1.54, 1.807) is 0 Å². The van der Waals surface area contributed by atoms with Crippen LogP contribution in [0.25, 0.3) is 0 Å². The highest BCUT2D eigenvalue weighted by Crippen LogP contribution is 2.39. The first kappa shape index (κ1) is 23.9. The monoisotopic (exact) mass is 317 g/mol. The summed E-state index contributed by atoms with van der Waals surface area (Å²) in [5.41, 5.74) is -3.11. The molecule has 0 unspecified atom stereocenters. The summed E-state index contributed by atoms with van der Waals surface area (Å²) in [6, 6.07) is 0. The van der Waals surface area contributed by atoms with Gasteiger partial charge in [0.05, 0.1) is 0 Å². The molecule has 0 aromatic heterocycles. The van der Waals surface area contributed by atoms with E-state index in [0.717, 1.165) is 0 Å². The van der Waals surface area contributed by atoms with E-state index >= 15 is 0 Å². The molecule has 0 rings (SSSR count). The molecule has 3 nitrogen and oxygen atoms in total. The van der Waals surface area contributed by atoms with E-state index in [1.807, 2.05) is 0 Å². The van der Waals surface area contributed by atoms with Crippen LogP contribution in [-0.2, 0) is 11.8 Å². The molecule has 0 fully saturated rings. The van der Waals surface area contributed by atoms with Gasteiger partial charge in [0.1, 0.15) is 0 Å². The van der Waals surface area contributed by atoms with Crippen molar-refractivity contribution in [3.8, 4) is 0 Å². The van der Waals surface area contributed by atoms with Gasteiger partial charge in [-0.25, -0.2) is 0 Å². The van der Waals surface area contributed by atoms with Crippen molar-refractivity contribution in [3.05, 3.63) is 0 Å². The molecule has 0 saturated heterocycles. The Hall–Kier alpha value is 0.880. The quantitative estimate of drug-likeness (QED) is 0.267. The topological polar surface area (TPSA) is 75.5 Å². The molecule has 0 bridgehead atoms. The van der Waals surface area contributed by atoms with E-state index in [1.165, 1.54) is 64.2 Å². The van der Waals surface area contributed by atoms with Crippen LogP contribution in [0.5, 0.6) is 0 Å². The zero-order chi connectivity index (χ0) is 13.6. The second-order valence-corrected chi connectivity index (χ2v) is 9.38. The van der Waals surface area contributed by atoms with Crippen LogP contribution in [0.4, 0.5) is 0 Å². The maximum absolute atomic E-state index is 7.87. The maximum Gasteiger partial charge on any atom is 0.239 e. The first-order valence-corrected chi connectivity index (χ1v) is 10.6. The summed E-state index contributed by atoms with van der Waals surface area (Å²) in [5.74, 6) is 0. The third kappa shape index (κ3) is 43.6. The van der Waals surface area contributed by atoms with Crippen molar-refractivity contribution in [2.75, 3.05) is 0 Å². The first-order valence-electron chi connectivity index (χ1n) is 6.70. The Bertz CT molecular complexity index is 171. The summed E-state index contributed by atoms with van der Waals surface area (Å²) in [6.45, 7) is 4.56. The number of thiol groups is 1. The molecule has 6 heteroatoms. The van der Waals surface area contributed by atoms with Crippen LogP contribution < -0.4 is 6.15 Å². The molecule has 18 heavy (non-hydrogen) atoms. The predicted octanol–water partition coefficient (Wildman–Crippen LogP) is 5.21. The predicted molar refractivity (Wildman–Crippen MR) is 90.2 cm³/mol. The van der Waals surface area contributed by atoms with Gasteiger partial charge in [-0.1, -0.05) is 90.3 Å². The molecule has 0 aliphatic rings. The van der Waals surface area contributed by atoms with Crippen molar-refractivity contribution >= 4 is 29.7 Å². The Labute approximate surface area is 124 Å². The molecule has 0 heterocycles. The molecule has 0 saturated carbocycles. The van der Waals surface area contributed by atoms with Crippen LogP contribution in [0.3, 0.4) is 0 Å². The van der Waals surface area contributed by atoms with Gasteiger partial charge in [-0.15, -0.1) is 0 Å². The van der Waals surface area contributed by atoms with Gasteiger partial charge in [0.25, 0.3) is 0 Å². The van der Waals surface area contributed by atoms with E-state index < -0.39 is 5.69 Å². The van der Waals surface area contributed by atoms with Gasteiger partial charge in [0.15, 0.2) is 0 Å². The summed E-state index contributed by atoms with van der Waals surface area (Å²) in [4.78, 5) is 15.7. The average Bonchev–Trinajstić information content (AvgIpc) is 2.20. The fraction of sp³-hybridized carbons (Fsp3) is 1.00. The minimum absolute atomic E-state index is 0. The van der Waals surface area contributed by atoms with Gasteiger partial charge in [-0.3, -0.25) is 0 Å². The summed E-state index contributed by atoms with van der Waals surface area (Å²) >= 11 is 7.07. The van der Waals surface area contributed by atoms with E-state index in [-0.39, 0.29) is 6.15 Å². The van der Waals surface area contributed by atoms with Crippen LogP contribution in [0.15, 0.2) is 0 Å². The van der Waals surface area contributed by atoms with Crippen LogP contribution in [0, 0.1) is 0 Å². The van der Waals surface area contributed by atoms with Crippen molar-refractivity contribution in [2.24, 2.45) is 0 Å². The summed E-state index contributed by atoms with van der Waals surface area (Å²) in [5, 5.41) is 0. The van der Waals surface area contributed by atoms with Gasteiger partial charge in [0.2, 0.25) is 5.69 Å². The van der Waals surface area contributed by atoms with E-state index in [9.17, 15) is 0 Å². The Morgan fingerprint density at radius 3 is 1.11 bits per heavy atom. The third-order valence-electron chi connectivity index (χ3n) is 2.46. The molecule has 114 valence electrons. The number of unbranched alkanes of at least 4 members (excludes halogenated alkanes) is 9. The van der Waals surface area contributed by atoms with Gasteiger partial charge in [0, 0.05) is 0 Å². The molecule has 0 spiro atoms. The second-order valence-electron chi connectivity index (χ2n) is 4.34. The Balaban J connectivity index is -0.000000321. The van der Waals surface area contributed by atoms with E-state index in [4.69, 9.17) is 9.79 Å². The molecule has 0 amide bonds. The highest BCUT2D eigenvalue weighted by atomic mass is 32.9. The molecule has 5 N–H and O–H groups in total. The smallest absolute Gasteiger partial charge is 0.239 e. The van der Waals surface area contributed by atoms with Gasteiger partial charge >= 0.3 is 0 Å². The van der Waals surface area contributed by atoms with Gasteiger partial charge in [-0.05, 0) is 11.8 Å². The lowest BCUT2D eigenvalue weighted by Gasteiger charge is -1.99. The zero-order valence-electron chi connectivity index (χ0n) is 12.0. The minimum atomic E-state index is -3.11. The lowest BCUT2D eigenvalue weighted by molar-refractivity contribution is 0.503. The summed E-state index contributed by atoms with van der Waals surface area (Å²) < 4.78 is 0. The Morgan fingerprint density at radius 1 is 0.778 bits per heavy atom. The van der Waals surface area contributed by atoms with Gasteiger partial charge < -0.3 is 15.9 Å². The van der Waals surface area contributed by atoms with Crippen LogP contribution in [0.2, 0.25) is 0 Å². The molecule has 0 aromatic rings. The fourth-order valence-corrected chi connectivity index (χ4v) is 1.56. The Morgan fingerprint density at radius 2 is 0.944 bits per heavy atom. The van der Waals surface area contributed by atoms with E-state index in [2.05, 4.69) is 37.9 Å². The zero-order valence-corrected chi connectivity index (χ0v) is 14.6. The first-order chi connectivity index (χ1) is 7.91. The maximum atomic E-state index is 7.87. The number of rotatable bonds is 9. The van der Waals surface area contributed by atoms with E-state index in [0.29, 0.717) is 0 Å². The fourth-order valence-electron chi connectivity index (χ4n) is 1.56. The third-order valence-corrected chi connectivity index (χ3v) is 2.46. The molecular formula is C12H32NO2PS2. The molecule has 0 aliphatic heterocycles. The van der Waals surface area contributed by atoms with Crippen molar-refractivity contribution in [3.63, 3.8) is 0 Å². The van der Waals surface area contributed by atoms with Crippen LogP contribution in [0.1, 0.15) is 78.1 Å². The van der Waals surface area contributed by atoms with Crippen molar-refractivity contribution in [1.29, 1.82) is 0 Å². The normalized spacial score (nSPS) is 10.3. The second kappa shape index (κ2) is 17.9. The van der Waals surface area contributed by atoms with Crippen LogP contribution in [-0.4, -0.2) is 9.79 Å². The summed E-state index contributed by atoms with van der Waals surface area (Å²) in [7, 11) is 0. The Kier molecular flexibility index (Phi) is 23.8. The standard InChI is InChI=1S/C12H26.H3N.H3O2PS2/c1-3-5-7-9-11-12-10-8-6-4-2;;1-3(2,4)5/h3-12H2,1-2H3;1H3;(H3,1,2,4,5). The largest absolute Gasteiger partial charge is 0.344 e. The van der Waals surface area contributed by atoms with Gasteiger partial charge in [-0.2, -0.15) is 0 Å². The average molecular weight is 318 g/mol. The number of hydrogen-bond donors (Lipinski definition) is 4. The highest BCUT2D eigenvalue weighted by Gasteiger charge is 1.90. The molecule has 0 aliphatic carbocycles. The minimum Gasteiger partial charge on any atom is -0.344 e. The summed E-state index contributed by atoms with van der Waals surface area (Å²) in [6.07, 6.45) is 14.4. The van der Waals surface area contributed by atoms with Crippen LogP contribution >= 0.6 is 17.9 Å².